The Kier molecular flexibility index (Phi) is 3.64. The van der Waals surface area contributed by atoms with E-state index in [4.69, 9.17) is 5.84 Å². The molecule has 0 bridgehead atoms. The van der Waals surface area contributed by atoms with Gasteiger partial charge in [0.25, 0.3) is 0 Å². The van der Waals surface area contributed by atoms with E-state index in [1.807, 2.05) is 0 Å². The molecule has 0 heterocycles. The van der Waals surface area contributed by atoms with Gasteiger partial charge < -0.3 is 4.79 Å². The van der Waals surface area contributed by atoms with Crippen molar-refractivity contribution in [2.24, 2.45) is 5.84 Å². The summed E-state index contributed by atoms with van der Waals surface area (Å²) in [6, 6.07) is 0. The fourth-order valence-corrected chi connectivity index (χ4v) is 0.459. The van der Waals surface area contributed by atoms with Crippen molar-refractivity contribution in [2.45, 2.75) is 19.8 Å². The first kappa shape index (κ1) is 9.10. The maximum absolute atomic E-state index is 10.7. The third kappa shape index (κ3) is 4.03. The molecule has 0 fully saturated rings. The Balaban J connectivity index is 3.50. The van der Waals surface area contributed by atoms with Gasteiger partial charge >= 0.3 is 0 Å². The fourth-order valence-electron chi connectivity index (χ4n) is 0.459. The van der Waals surface area contributed by atoms with Crippen LogP contribution in [-0.4, -0.2) is 23.7 Å². The van der Waals surface area contributed by atoms with Crippen LogP contribution in [0, 0.1) is 0 Å². The zero-order valence-corrected chi connectivity index (χ0v) is 6.26. The zero-order valence-electron chi connectivity index (χ0n) is 6.26. The van der Waals surface area contributed by atoms with Crippen LogP contribution in [0.5, 0.6) is 0 Å². The Labute approximate surface area is 60.0 Å². The number of ketones is 1. The predicted octanol–water partition coefficient (Wildman–Crippen LogP) is -0.312. The highest BCUT2D eigenvalue weighted by molar-refractivity contribution is 5.83. The molecule has 0 saturated carbocycles. The van der Waals surface area contributed by atoms with Crippen molar-refractivity contribution >= 4 is 11.7 Å². The summed E-state index contributed by atoms with van der Waals surface area (Å²) < 4.78 is 0. The standard InChI is InChI=1S/C6H12N2O2/c1-5(9)3-4-6(10)8(2)7/h3-4,7H2,1-2H3. The highest BCUT2D eigenvalue weighted by atomic mass is 16.2. The molecule has 58 valence electrons. The molecule has 4 heteroatoms. The first-order valence-electron chi connectivity index (χ1n) is 3.04. The third-order valence-corrected chi connectivity index (χ3v) is 1.08. The van der Waals surface area contributed by atoms with Crippen molar-refractivity contribution in [2.75, 3.05) is 7.05 Å². The summed E-state index contributed by atoms with van der Waals surface area (Å²) in [5.74, 6) is 4.89. The molecular formula is C6H12N2O2. The topological polar surface area (TPSA) is 63.4 Å². The average molecular weight is 144 g/mol. The molecule has 1 amide bonds. The Bertz CT molecular complexity index is 143. The summed E-state index contributed by atoms with van der Waals surface area (Å²) in [6.45, 7) is 1.45. The number of hydrogen-bond acceptors (Lipinski definition) is 3. The second-order valence-corrected chi connectivity index (χ2v) is 2.21. The van der Waals surface area contributed by atoms with Crippen molar-refractivity contribution < 1.29 is 9.59 Å². The summed E-state index contributed by atoms with van der Waals surface area (Å²) >= 11 is 0. The van der Waals surface area contributed by atoms with Gasteiger partial charge in [0, 0.05) is 19.9 Å². The number of rotatable bonds is 3. The largest absolute Gasteiger partial charge is 0.300 e. The number of hydrazine groups is 1. The smallest absolute Gasteiger partial charge is 0.236 e. The van der Waals surface area contributed by atoms with Crippen LogP contribution in [0.1, 0.15) is 19.8 Å². The van der Waals surface area contributed by atoms with E-state index in [0.29, 0.717) is 0 Å². The van der Waals surface area contributed by atoms with Crippen LogP contribution in [0.25, 0.3) is 0 Å². The van der Waals surface area contributed by atoms with Gasteiger partial charge in [0.15, 0.2) is 0 Å². The first-order valence-corrected chi connectivity index (χ1v) is 3.04. The van der Waals surface area contributed by atoms with Gasteiger partial charge in [-0.15, -0.1) is 0 Å². The van der Waals surface area contributed by atoms with Gasteiger partial charge in [-0.1, -0.05) is 0 Å². The average Bonchev–Trinajstić information content (AvgIpc) is 1.82. The normalized spacial score (nSPS) is 9.10. The molecule has 4 nitrogen and oxygen atoms in total. The van der Waals surface area contributed by atoms with Crippen molar-refractivity contribution in [1.29, 1.82) is 0 Å². The molecule has 0 aliphatic carbocycles. The van der Waals surface area contributed by atoms with Crippen molar-refractivity contribution in [3.05, 3.63) is 0 Å². The summed E-state index contributed by atoms with van der Waals surface area (Å²) in [4.78, 5) is 21.1. The summed E-state index contributed by atoms with van der Waals surface area (Å²) in [5.41, 5.74) is 0. The second-order valence-electron chi connectivity index (χ2n) is 2.21. The van der Waals surface area contributed by atoms with Crippen LogP contribution >= 0.6 is 0 Å². The van der Waals surface area contributed by atoms with Gasteiger partial charge in [0.1, 0.15) is 5.78 Å². The molecule has 0 aromatic rings. The minimum absolute atomic E-state index is 0.00944. The Morgan fingerprint density at radius 3 is 2.20 bits per heavy atom. The van der Waals surface area contributed by atoms with Crippen molar-refractivity contribution in [3.63, 3.8) is 0 Å². The van der Waals surface area contributed by atoms with Crippen LogP contribution in [0.2, 0.25) is 0 Å². The minimum Gasteiger partial charge on any atom is -0.300 e. The molecule has 0 aliphatic heterocycles. The number of nitrogens with two attached hydrogens (primary N) is 1. The summed E-state index contributed by atoms with van der Waals surface area (Å²) in [5, 5.41) is 0.989. The van der Waals surface area contributed by atoms with Crippen LogP contribution < -0.4 is 5.84 Å². The van der Waals surface area contributed by atoms with Gasteiger partial charge in [0.05, 0.1) is 0 Å². The van der Waals surface area contributed by atoms with Gasteiger partial charge in [-0.25, -0.2) is 5.84 Å². The molecular weight excluding hydrogens is 132 g/mol. The van der Waals surface area contributed by atoms with E-state index in [9.17, 15) is 9.59 Å². The molecule has 0 saturated heterocycles. The van der Waals surface area contributed by atoms with E-state index in [2.05, 4.69) is 0 Å². The van der Waals surface area contributed by atoms with E-state index in [1.165, 1.54) is 14.0 Å². The van der Waals surface area contributed by atoms with Crippen LogP contribution in [0.4, 0.5) is 0 Å². The maximum atomic E-state index is 10.7. The SMILES string of the molecule is CC(=O)CCC(=O)N(C)N. The number of nitrogens with zero attached hydrogens (tertiary/aromatic N) is 1. The monoisotopic (exact) mass is 144 g/mol. The Morgan fingerprint density at radius 2 is 1.90 bits per heavy atom. The molecule has 0 aromatic heterocycles. The highest BCUT2D eigenvalue weighted by Crippen LogP contribution is 1.92. The predicted molar refractivity (Wildman–Crippen MR) is 36.9 cm³/mol. The van der Waals surface area contributed by atoms with Gasteiger partial charge in [-0.05, 0) is 6.92 Å². The lowest BCUT2D eigenvalue weighted by atomic mass is 10.2. The molecule has 0 aromatic carbocycles. The molecule has 0 spiro atoms. The second kappa shape index (κ2) is 4.00. The fraction of sp³-hybridized carbons (Fsp3) is 0.667. The molecule has 0 rings (SSSR count). The number of amides is 1. The van der Waals surface area contributed by atoms with Crippen LogP contribution in [0.15, 0.2) is 0 Å². The van der Waals surface area contributed by atoms with E-state index >= 15 is 0 Å². The molecule has 0 atom stereocenters. The van der Waals surface area contributed by atoms with E-state index in [1.54, 1.807) is 0 Å². The van der Waals surface area contributed by atoms with E-state index < -0.39 is 0 Å². The number of carbonyl (C=O) groups excluding carboxylic acids is 2. The molecule has 2 N–H and O–H groups in total. The minimum atomic E-state index is -0.213. The maximum Gasteiger partial charge on any atom is 0.236 e. The Morgan fingerprint density at radius 1 is 1.40 bits per heavy atom. The summed E-state index contributed by atoms with van der Waals surface area (Å²) in [6.07, 6.45) is 0.489. The third-order valence-electron chi connectivity index (χ3n) is 1.08. The van der Waals surface area contributed by atoms with Crippen LogP contribution in [-0.2, 0) is 9.59 Å². The summed E-state index contributed by atoms with van der Waals surface area (Å²) in [7, 11) is 1.46. The molecule has 0 radical (unpaired) electrons. The lowest BCUT2D eigenvalue weighted by Gasteiger charge is -2.07. The van der Waals surface area contributed by atoms with Gasteiger partial charge in [-0.2, -0.15) is 0 Å². The first-order chi connectivity index (χ1) is 4.54. The van der Waals surface area contributed by atoms with Gasteiger partial charge in [0.2, 0.25) is 5.91 Å². The Hall–Kier alpha value is -0.900. The zero-order chi connectivity index (χ0) is 8.15. The van der Waals surface area contributed by atoms with Crippen molar-refractivity contribution in [1.82, 2.24) is 5.01 Å². The number of Topliss-reactive ketones (excluding diaryl/α,β-unsaturated/α-hetero) is 1. The number of hydrogen-bond donors (Lipinski definition) is 1. The molecule has 10 heavy (non-hydrogen) atoms. The van der Waals surface area contributed by atoms with Crippen LogP contribution in [0.3, 0.4) is 0 Å². The molecule has 0 aliphatic rings. The van der Waals surface area contributed by atoms with E-state index in [-0.39, 0.29) is 24.5 Å². The van der Waals surface area contributed by atoms with E-state index in [0.717, 1.165) is 5.01 Å². The van der Waals surface area contributed by atoms with Crippen molar-refractivity contribution in [3.8, 4) is 0 Å². The highest BCUT2D eigenvalue weighted by Gasteiger charge is 2.04. The quantitative estimate of drug-likeness (QED) is 0.335. The van der Waals surface area contributed by atoms with Gasteiger partial charge in [-0.3, -0.25) is 9.80 Å². The number of carbonyl (C=O) groups is 2. The molecule has 0 unspecified atom stereocenters. The lowest BCUT2D eigenvalue weighted by molar-refractivity contribution is -0.132. The lowest BCUT2D eigenvalue weighted by Crippen LogP contribution is -2.33.